The quantitative estimate of drug-likeness (QED) is 0.823. The molecule has 2 heteroatoms. The summed E-state index contributed by atoms with van der Waals surface area (Å²) in [5, 5.41) is 0. The summed E-state index contributed by atoms with van der Waals surface area (Å²) in [6.07, 6.45) is 1.88. The van der Waals surface area contributed by atoms with E-state index in [0.717, 1.165) is 19.5 Å². The van der Waals surface area contributed by atoms with E-state index < -0.39 is 0 Å². The van der Waals surface area contributed by atoms with E-state index in [1.54, 1.807) is 0 Å². The Morgan fingerprint density at radius 3 is 2.14 bits per heavy atom. The molecule has 1 fully saturated rings. The fourth-order valence-electron chi connectivity index (χ4n) is 3.48. The molecular weight excluding hydrogens is 270 g/mol. The lowest BCUT2D eigenvalue weighted by molar-refractivity contribution is -0.0708. The summed E-state index contributed by atoms with van der Waals surface area (Å²) >= 11 is 0. The Morgan fingerprint density at radius 2 is 1.64 bits per heavy atom. The first-order chi connectivity index (χ1) is 10.2. The molecule has 22 heavy (non-hydrogen) atoms. The summed E-state index contributed by atoms with van der Waals surface area (Å²) in [6, 6.07) is 9.20. The highest BCUT2D eigenvalue weighted by Crippen LogP contribution is 2.23. The molecule has 0 N–H and O–H groups in total. The van der Waals surface area contributed by atoms with Crippen LogP contribution in [-0.2, 0) is 16.6 Å². The molecule has 1 saturated heterocycles. The van der Waals surface area contributed by atoms with Gasteiger partial charge in [0.05, 0.1) is 12.2 Å². The molecule has 124 valence electrons. The molecule has 1 aliphatic heterocycles. The molecule has 0 saturated carbocycles. The maximum absolute atomic E-state index is 5.82. The standard InChI is InChI=1S/C20H33NO/c1-15(12-21-13-16(2)22-17(3)14-21)11-18-7-9-19(10-8-18)20(4,5)6/h7-10,15-17H,11-14H2,1-6H3/t15-,16?,17?/m1/s1. The predicted molar refractivity (Wildman–Crippen MR) is 94.5 cm³/mol. The minimum Gasteiger partial charge on any atom is -0.373 e. The lowest BCUT2D eigenvalue weighted by atomic mass is 9.86. The first-order valence-electron chi connectivity index (χ1n) is 8.71. The first kappa shape index (κ1) is 17.5. The highest BCUT2D eigenvalue weighted by Gasteiger charge is 2.23. The van der Waals surface area contributed by atoms with Gasteiger partial charge in [-0.05, 0) is 42.7 Å². The number of ether oxygens (including phenoxy) is 1. The van der Waals surface area contributed by atoms with Crippen molar-refractivity contribution in [3.05, 3.63) is 35.4 Å². The van der Waals surface area contributed by atoms with Crippen LogP contribution in [0.2, 0.25) is 0 Å². The summed E-state index contributed by atoms with van der Waals surface area (Å²) in [7, 11) is 0. The minimum atomic E-state index is 0.240. The third kappa shape index (κ3) is 5.10. The third-order valence-electron chi connectivity index (χ3n) is 4.47. The second kappa shape index (κ2) is 7.14. The fourth-order valence-corrected chi connectivity index (χ4v) is 3.48. The van der Waals surface area contributed by atoms with Gasteiger partial charge in [0, 0.05) is 19.6 Å². The van der Waals surface area contributed by atoms with Crippen LogP contribution >= 0.6 is 0 Å². The van der Waals surface area contributed by atoms with Crippen LogP contribution in [-0.4, -0.2) is 36.7 Å². The number of hydrogen-bond donors (Lipinski definition) is 0. The largest absolute Gasteiger partial charge is 0.373 e. The van der Waals surface area contributed by atoms with E-state index in [2.05, 4.69) is 70.7 Å². The molecule has 0 bridgehead atoms. The van der Waals surface area contributed by atoms with Gasteiger partial charge in [-0.25, -0.2) is 0 Å². The summed E-state index contributed by atoms with van der Waals surface area (Å²) in [6.45, 7) is 16.8. The van der Waals surface area contributed by atoms with E-state index in [0.29, 0.717) is 18.1 Å². The molecule has 2 unspecified atom stereocenters. The molecule has 2 nitrogen and oxygen atoms in total. The van der Waals surface area contributed by atoms with Crippen molar-refractivity contribution in [2.24, 2.45) is 5.92 Å². The molecule has 0 spiro atoms. The van der Waals surface area contributed by atoms with Gasteiger partial charge in [0.15, 0.2) is 0 Å². The molecule has 1 aromatic carbocycles. The lowest BCUT2D eigenvalue weighted by Gasteiger charge is -2.36. The van der Waals surface area contributed by atoms with E-state index in [-0.39, 0.29) is 5.41 Å². The number of nitrogens with zero attached hydrogens (tertiary/aromatic N) is 1. The maximum Gasteiger partial charge on any atom is 0.0678 e. The molecule has 3 atom stereocenters. The van der Waals surface area contributed by atoms with Gasteiger partial charge in [-0.3, -0.25) is 4.90 Å². The van der Waals surface area contributed by atoms with Gasteiger partial charge in [0.25, 0.3) is 0 Å². The Kier molecular flexibility index (Phi) is 5.68. The van der Waals surface area contributed by atoms with Crippen molar-refractivity contribution < 1.29 is 4.74 Å². The van der Waals surface area contributed by atoms with Crippen LogP contribution < -0.4 is 0 Å². The Hall–Kier alpha value is -0.860. The average molecular weight is 303 g/mol. The molecule has 0 aromatic heterocycles. The highest BCUT2D eigenvalue weighted by atomic mass is 16.5. The van der Waals surface area contributed by atoms with Crippen LogP contribution in [0.1, 0.15) is 52.7 Å². The van der Waals surface area contributed by atoms with E-state index in [4.69, 9.17) is 4.74 Å². The maximum atomic E-state index is 5.82. The molecular formula is C20H33NO. The van der Waals surface area contributed by atoms with Crippen LogP contribution in [0.4, 0.5) is 0 Å². The number of hydrogen-bond acceptors (Lipinski definition) is 2. The van der Waals surface area contributed by atoms with Crippen molar-refractivity contribution in [2.45, 2.75) is 65.6 Å². The monoisotopic (exact) mass is 303 g/mol. The summed E-state index contributed by atoms with van der Waals surface area (Å²) in [5.41, 5.74) is 3.11. The zero-order chi connectivity index (χ0) is 16.3. The van der Waals surface area contributed by atoms with Crippen molar-refractivity contribution in [1.82, 2.24) is 4.90 Å². The Labute approximate surface area is 136 Å². The normalized spacial score (nSPS) is 25.2. The lowest BCUT2D eigenvalue weighted by Crippen LogP contribution is -2.47. The van der Waals surface area contributed by atoms with Crippen LogP contribution in [0.5, 0.6) is 0 Å². The van der Waals surface area contributed by atoms with E-state index in [9.17, 15) is 0 Å². The van der Waals surface area contributed by atoms with E-state index >= 15 is 0 Å². The van der Waals surface area contributed by atoms with Crippen molar-refractivity contribution in [1.29, 1.82) is 0 Å². The van der Waals surface area contributed by atoms with Crippen LogP contribution in [0.15, 0.2) is 24.3 Å². The fraction of sp³-hybridized carbons (Fsp3) is 0.700. The Bertz CT molecular complexity index is 450. The van der Waals surface area contributed by atoms with Crippen LogP contribution in [0.3, 0.4) is 0 Å². The van der Waals surface area contributed by atoms with Gasteiger partial charge in [0.2, 0.25) is 0 Å². The molecule has 1 heterocycles. The van der Waals surface area contributed by atoms with E-state index in [1.807, 2.05) is 0 Å². The summed E-state index contributed by atoms with van der Waals surface area (Å²) in [4.78, 5) is 2.56. The zero-order valence-corrected chi connectivity index (χ0v) is 15.2. The van der Waals surface area contributed by atoms with E-state index in [1.165, 1.54) is 17.7 Å². The van der Waals surface area contributed by atoms with Crippen LogP contribution in [0, 0.1) is 5.92 Å². The van der Waals surface area contributed by atoms with Crippen molar-refractivity contribution in [2.75, 3.05) is 19.6 Å². The Balaban J connectivity index is 1.87. The first-order valence-corrected chi connectivity index (χ1v) is 8.71. The van der Waals surface area contributed by atoms with Crippen molar-refractivity contribution in [3.8, 4) is 0 Å². The average Bonchev–Trinajstić information content (AvgIpc) is 2.36. The summed E-state index contributed by atoms with van der Waals surface area (Å²) in [5.74, 6) is 0.679. The number of benzene rings is 1. The smallest absolute Gasteiger partial charge is 0.0678 e. The van der Waals surface area contributed by atoms with Gasteiger partial charge >= 0.3 is 0 Å². The second-order valence-electron chi connectivity index (χ2n) is 8.23. The second-order valence-corrected chi connectivity index (χ2v) is 8.23. The van der Waals surface area contributed by atoms with Gasteiger partial charge in [0.1, 0.15) is 0 Å². The Morgan fingerprint density at radius 1 is 1.09 bits per heavy atom. The molecule has 0 radical (unpaired) electrons. The number of morpholine rings is 1. The molecule has 1 aromatic rings. The van der Waals surface area contributed by atoms with Gasteiger partial charge in [-0.1, -0.05) is 52.0 Å². The van der Waals surface area contributed by atoms with Crippen LogP contribution in [0.25, 0.3) is 0 Å². The van der Waals surface area contributed by atoms with Gasteiger partial charge in [-0.2, -0.15) is 0 Å². The summed E-state index contributed by atoms with van der Waals surface area (Å²) < 4.78 is 5.82. The molecule has 0 amide bonds. The SMILES string of the molecule is CC1CN(C[C@H](C)Cc2ccc(C(C)(C)C)cc2)CC(C)O1. The minimum absolute atomic E-state index is 0.240. The van der Waals surface area contributed by atoms with Crippen molar-refractivity contribution >= 4 is 0 Å². The van der Waals surface area contributed by atoms with Gasteiger partial charge < -0.3 is 4.74 Å². The molecule has 0 aliphatic carbocycles. The number of rotatable bonds is 4. The highest BCUT2D eigenvalue weighted by molar-refractivity contribution is 5.27. The topological polar surface area (TPSA) is 12.5 Å². The molecule has 2 rings (SSSR count). The van der Waals surface area contributed by atoms with Gasteiger partial charge in [-0.15, -0.1) is 0 Å². The predicted octanol–water partition coefficient (Wildman–Crippen LogP) is 4.27. The molecule has 1 aliphatic rings. The van der Waals surface area contributed by atoms with Crippen molar-refractivity contribution in [3.63, 3.8) is 0 Å². The zero-order valence-electron chi connectivity index (χ0n) is 15.2. The third-order valence-corrected chi connectivity index (χ3v) is 4.47.